The first-order chi connectivity index (χ1) is 5.81. The van der Waals surface area contributed by atoms with Gasteiger partial charge in [-0.1, -0.05) is 26.3 Å². The molecule has 0 rings (SSSR count). The lowest BCUT2D eigenvalue weighted by Crippen LogP contribution is -1.91. The second-order valence-corrected chi connectivity index (χ2v) is 2.51. The highest BCUT2D eigenvalue weighted by Crippen LogP contribution is 1.99. The normalized spacial score (nSPS) is 10.1. The quantitative estimate of drug-likeness (QED) is 0.264. The topological polar surface area (TPSA) is 26.3 Å². The fraction of sp³-hybridized carbons (Fsp3) is 0.500. The largest absolute Gasteiger partial charge is 0.432 e. The van der Waals surface area contributed by atoms with E-state index in [1.165, 1.54) is 19.1 Å². The van der Waals surface area contributed by atoms with Crippen LogP contribution in [0.2, 0.25) is 0 Å². The Morgan fingerprint density at radius 3 is 2.83 bits per heavy atom. The van der Waals surface area contributed by atoms with Crippen LogP contribution in [0.5, 0.6) is 0 Å². The highest BCUT2D eigenvalue weighted by Gasteiger charge is 1.88. The van der Waals surface area contributed by atoms with E-state index in [9.17, 15) is 4.79 Å². The Balaban J connectivity index is 3.25. The Kier molecular flexibility index (Phi) is 7.35. The molecule has 0 aliphatic heterocycles. The Morgan fingerprint density at radius 2 is 2.25 bits per heavy atom. The number of esters is 1. The molecule has 0 aliphatic rings. The molecule has 0 bridgehead atoms. The Hall–Kier alpha value is -1.05. The van der Waals surface area contributed by atoms with E-state index >= 15 is 0 Å². The number of carbonyl (C=O) groups is 1. The van der Waals surface area contributed by atoms with Crippen LogP contribution in [0.1, 0.15) is 32.6 Å². The van der Waals surface area contributed by atoms with Gasteiger partial charge in [0, 0.05) is 6.08 Å². The van der Waals surface area contributed by atoms with Crippen molar-refractivity contribution in [3.8, 4) is 0 Å². The van der Waals surface area contributed by atoms with Crippen molar-refractivity contribution in [3.05, 3.63) is 25.0 Å². The first kappa shape index (κ1) is 11.0. The molecule has 0 heterocycles. The van der Waals surface area contributed by atoms with E-state index < -0.39 is 5.97 Å². The predicted molar refractivity (Wildman–Crippen MR) is 49.6 cm³/mol. The molecule has 0 saturated carbocycles. The zero-order valence-electron chi connectivity index (χ0n) is 7.58. The van der Waals surface area contributed by atoms with E-state index in [-0.39, 0.29) is 0 Å². The minimum absolute atomic E-state index is 0.401. The van der Waals surface area contributed by atoms with Crippen molar-refractivity contribution in [2.24, 2.45) is 0 Å². The number of hydrogen-bond donors (Lipinski definition) is 0. The van der Waals surface area contributed by atoms with Crippen LogP contribution >= 0.6 is 0 Å². The van der Waals surface area contributed by atoms with Gasteiger partial charge in [0.25, 0.3) is 0 Å². The third kappa shape index (κ3) is 7.06. The van der Waals surface area contributed by atoms with Gasteiger partial charge in [0.1, 0.15) is 0 Å². The maximum Gasteiger partial charge on any atom is 0.334 e. The first-order valence-corrected chi connectivity index (χ1v) is 4.29. The predicted octanol–water partition coefficient (Wildman–Crippen LogP) is 2.81. The summed E-state index contributed by atoms with van der Waals surface area (Å²) < 4.78 is 4.63. The maximum atomic E-state index is 10.5. The van der Waals surface area contributed by atoms with Crippen molar-refractivity contribution in [1.29, 1.82) is 0 Å². The molecular weight excluding hydrogens is 152 g/mol. The average Bonchev–Trinajstić information content (AvgIpc) is 2.10. The minimum Gasteiger partial charge on any atom is -0.432 e. The highest BCUT2D eigenvalue weighted by atomic mass is 16.5. The average molecular weight is 168 g/mol. The van der Waals surface area contributed by atoms with E-state index in [1.807, 2.05) is 6.08 Å². The summed E-state index contributed by atoms with van der Waals surface area (Å²) in [6.45, 7) is 5.43. The standard InChI is InChI=1S/C10H16O2/c1-3-5-6-7-8-9-12-10(11)4-2/h4,8-9H,2-3,5-7H2,1H3. The van der Waals surface area contributed by atoms with Crippen molar-refractivity contribution < 1.29 is 9.53 Å². The van der Waals surface area contributed by atoms with Gasteiger partial charge in [0.05, 0.1) is 6.26 Å². The van der Waals surface area contributed by atoms with Crippen LogP contribution in [-0.4, -0.2) is 5.97 Å². The Bertz CT molecular complexity index is 159. The monoisotopic (exact) mass is 168 g/mol. The van der Waals surface area contributed by atoms with Crippen LogP contribution in [0.3, 0.4) is 0 Å². The smallest absolute Gasteiger partial charge is 0.334 e. The molecule has 0 aromatic rings. The summed E-state index contributed by atoms with van der Waals surface area (Å²) in [7, 11) is 0. The molecule has 0 spiro atoms. The SMILES string of the molecule is C=CC(=O)OC=CCCCCC. The number of hydrogen-bond acceptors (Lipinski definition) is 2. The molecule has 0 amide bonds. The third-order valence-electron chi connectivity index (χ3n) is 1.42. The van der Waals surface area contributed by atoms with E-state index in [1.54, 1.807) is 0 Å². The Morgan fingerprint density at radius 1 is 1.50 bits per heavy atom. The second kappa shape index (κ2) is 8.05. The molecule has 12 heavy (non-hydrogen) atoms. The summed E-state index contributed by atoms with van der Waals surface area (Å²) in [4.78, 5) is 10.5. The Labute approximate surface area is 73.9 Å². The van der Waals surface area contributed by atoms with Crippen molar-refractivity contribution >= 4 is 5.97 Å². The summed E-state index contributed by atoms with van der Waals surface area (Å²) >= 11 is 0. The van der Waals surface area contributed by atoms with Crippen LogP contribution < -0.4 is 0 Å². The number of rotatable bonds is 6. The van der Waals surface area contributed by atoms with E-state index in [0.29, 0.717) is 0 Å². The summed E-state index contributed by atoms with van der Waals surface area (Å²) in [6, 6.07) is 0. The van der Waals surface area contributed by atoms with Gasteiger partial charge >= 0.3 is 5.97 Å². The molecule has 2 heteroatoms. The zero-order chi connectivity index (χ0) is 9.23. The molecular formula is C10H16O2. The molecule has 0 unspecified atom stereocenters. The van der Waals surface area contributed by atoms with Gasteiger partial charge < -0.3 is 4.74 Å². The van der Waals surface area contributed by atoms with Crippen LogP contribution in [0.25, 0.3) is 0 Å². The molecule has 0 atom stereocenters. The van der Waals surface area contributed by atoms with Gasteiger partial charge in [-0.3, -0.25) is 0 Å². The van der Waals surface area contributed by atoms with E-state index in [4.69, 9.17) is 0 Å². The van der Waals surface area contributed by atoms with Gasteiger partial charge in [0.2, 0.25) is 0 Å². The van der Waals surface area contributed by atoms with Crippen molar-refractivity contribution in [1.82, 2.24) is 0 Å². The first-order valence-electron chi connectivity index (χ1n) is 4.29. The molecule has 0 saturated heterocycles. The highest BCUT2D eigenvalue weighted by molar-refractivity contribution is 5.81. The summed E-state index contributed by atoms with van der Waals surface area (Å²) in [5, 5.41) is 0. The van der Waals surface area contributed by atoms with E-state index in [0.717, 1.165) is 18.9 Å². The maximum absolute atomic E-state index is 10.5. The van der Waals surface area contributed by atoms with Crippen LogP contribution in [0, 0.1) is 0 Å². The molecule has 0 aromatic heterocycles. The molecule has 2 nitrogen and oxygen atoms in total. The van der Waals surface area contributed by atoms with Gasteiger partial charge in [0.15, 0.2) is 0 Å². The lowest BCUT2D eigenvalue weighted by Gasteiger charge is -1.92. The summed E-state index contributed by atoms with van der Waals surface area (Å²) in [5.41, 5.74) is 0. The zero-order valence-corrected chi connectivity index (χ0v) is 7.58. The molecule has 0 N–H and O–H groups in total. The van der Waals surface area contributed by atoms with Crippen molar-refractivity contribution in [2.45, 2.75) is 32.6 Å². The van der Waals surface area contributed by atoms with Crippen molar-refractivity contribution in [3.63, 3.8) is 0 Å². The van der Waals surface area contributed by atoms with E-state index in [2.05, 4.69) is 18.2 Å². The number of ether oxygens (including phenoxy) is 1. The van der Waals surface area contributed by atoms with Crippen LogP contribution in [0.4, 0.5) is 0 Å². The van der Waals surface area contributed by atoms with Gasteiger partial charge in [-0.25, -0.2) is 4.79 Å². The lowest BCUT2D eigenvalue weighted by atomic mass is 10.2. The minimum atomic E-state index is -0.401. The molecule has 0 fully saturated rings. The third-order valence-corrected chi connectivity index (χ3v) is 1.42. The molecule has 0 aliphatic carbocycles. The summed E-state index contributed by atoms with van der Waals surface area (Å²) in [6.07, 6.45) is 8.99. The number of unbranched alkanes of at least 4 members (excludes halogenated alkanes) is 3. The van der Waals surface area contributed by atoms with Gasteiger partial charge in [-0.2, -0.15) is 0 Å². The van der Waals surface area contributed by atoms with Crippen molar-refractivity contribution in [2.75, 3.05) is 0 Å². The molecule has 0 radical (unpaired) electrons. The second-order valence-electron chi connectivity index (χ2n) is 2.51. The fourth-order valence-electron chi connectivity index (χ4n) is 0.744. The molecule has 68 valence electrons. The number of carbonyl (C=O) groups excluding carboxylic acids is 1. The van der Waals surface area contributed by atoms with Crippen LogP contribution in [0.15, 0.2) is 25.0 Å². The fourth-order valence-corrected chi connectivity index (χ4v) is 0.744. The van der Waals surface area contributed by atoms with Gasteiger partial charge in [-0.05, 0) is 18.9 Å². The molecule has 0 aromatic carbocycles. The van der Waals surface area contributed by atoms with Gasteiger partial charge in [-0.15, -0.1) is 0 Å². The van der Waals surface area contributed by atoms with Crippen LogP contribution in [-0.2, 0) is 9.53 Å². The summed E-state index contributed by atoms with van der Waals surface area (Å²) in [5.74, 6) is -0.401. The lowest BCUT2D eigenvalue weighted by molar-refractivity contribution is -0.132. The number of allylic oxidation sites excluding steroid dienone is 1.